The van der Waals surface area contributed by atoms with Crippen LogP contribution in [0.4, 0.5) is 0 Å². The maximum Gasteiger partial charge on any atom is 0.234 e. The number of carbonyl (C=O) groups excluding carboxylic acids is 1. The van der Waals surface area contributed by atoms with E-state index in [1.54, 1.807) is 0 Å². The molecule has 0 aromatic heterocycles. The molecular formula is C14H28N2O2. The Balaban J connectivity index is 2.25. The molecule has 4 heteroatoms. The maximum atomic E-state index is 11.4. The quantitative estimate of drug-likeness (QED) is 0.697. The summed E-state index contributed by atoms with van der Waals surface area (Å²) < 4.78 is 0. The Hall–Kier alpha value is -0.610. The summed E-state index contributed by atoms with van der Waals surface area (Å²) in [5.41, 5.74) is -0.283. The van der Waals surface area contributed by atoms with Crippen LogP contribution in [0.1, 0.15) is 53.4 Å². The van der Waals surface area contributed by atoms with E-state index in [0.29, 0.717) is 12.0 Å². The Morgan fingerprint density at radius 1 is 1.22 bits per heavy atom. The molecule has 0 atom stereocenters. The number of nitrogens with one attached hydrogen (secondary N) is 2. The van der Waals surface area contributed by atoms with E-state index in [-0.39, 0.29) is 18.5 Å². The topological polar surface area (TPSA) is 61.4 Å². The SMILES string of the molecule is CC(C)NC(=O)CNCC1(O)CCC(C)(C)CC1. The minimum Gasteiger partial charge on any atom is -0.389 e. The summed E-state index contributed by atoms with van der Waals surface area (Å²) in [6.45, 7) is 9.16. The second-order valence-electron chi connectivity index (χ2n) is 6.71. The number of aliphatic hydroxyl groups is 1. The number of rotatable bonds is 5. The summed E-state index contributed by atoms with van der Waals surface area (Å²) in [7, 11) is 0. The lowest BCUT2D eigenvalue weighted by atomic mass is 9.71. The summed E-state index contributed by atoms with van der Waals surface area (Å²) in [5.74, 6) is -0.00950. The van der Waals surface area contributed by atoms with Crippen molar-refractivity contribution in [2.24, 2.45) is 5.41 Å². The number of hydrogen-bond acceptors (Lipinski definition) is 3. The normalized spacial score (nSPS) is 21.9. The van der Waals surface area contributed by atoms with E-state index in [1.165, 1.54) is 0 Å². The molecule has 0 radical (unpaired) electrons. The molecule has 106 valence electrons. The molecule has 3 N–H and O–H groups in total. The van der Waals surface area contributed by atoms with Gasteiger partial charge in [-0.2, -0.15) is 0 Å². The standard InChI is InChI=1S/C14H28N2O2/c1-11(2)16-12(17)9-15-10-14(18)7-5-13(3,4)6-8-14/h11,15,18H,5-10H2,1-4H3,(H,16,17). The highest BCUT2D eigenvalue weighted by Gasteiger charge is 2.36. The third-order valence-electron chi connectivity index (χ3n) is 3.72. The predicted octanol–water partition coefficient (Wildman–Crippen LogP) is 1.43. The third-order valence-corrected chi connectivity index (χ3v) is 3.72. The average Bonchev–Trinajstić information content (AvgIpc) is 2.22. The summed E-state index contributed by atoms with van der Waals surface area (Å²) in [6, 6.07) is 0.165. The smallest absolute Gasteiger partial charge is 0.234 e. The van der Waals surface area contributed by atoms with Crippen molar-refractivity contribution in [1.82, 2.24) is 10.6 Å². The van der Waals surface area contributed by atoms with Crippen molar-refractivity contribution in [3.63, 3.8) is 0 Å². The first-order chi connectivity index (χ1) is 8.22. The molecule has 0 bridgehead atoms. The monoisotopic (exact) mass is 256 g/mol. The Morgan fingerprint density at radius 3 is 2.28 bits per heavy atom. The first-order valence-electron chi connectivity index (χ1n) is 6.95. The van der Waals surface area contributed by atoms with Crippen molar-refractivity contribution < 1.29 is 9.90 Å². The first-order valence-corrected chi connectivity index (χ1v) is 6.95. The summed E-state index contributed by atoms with van der Waals surface area (Å²) in [6.07, 6.45) is 3.73. The molecule has 0 heterocycles. The van der Waals surface area contributed by atoms with Crippen molar-refractivity contribution in [2.45, 2.75) is 65.0 Å². The predicted molar refractivity (Wildman–Crippen MR) is 73.3 cm³/mol. The minimum atomic E-state index is -0.631. The molecule has 0 spiro atoms. The van der Waals surface area contributed by atoms with E-state index < -0.39 is 5.60 Å². The molecule has 0 saturated heterocycles. The van der Waals surface area contributed by atoms with E-state index in [9.17, 15) is 9.90 Å². The van der Waals surface area contributed by atoms with Crippen molar-refractivity contribution in [3.05, 3.63) is 0 Å². The van der Waals surface area contributed by atoms with Crippen LogP contribution < -0.4 is 10.6 Å². The average molecular weight is 256 g/mol. The van der Waals surface area contributed by atoms with Crippen LogP contribution >= 0.6 is 0 Å². The van der Waals surface area contributed by atoms with E-state index in [1.807, 2.05) is 13.8 Å². The summed E-state index contributed by atoms with van der Waals surface area (Å²) in [5, 5.41) is 16.3. The van der Waals surface area contributed by atoms with Gasteiger partial charge in [-0.25, -0.2) is 0 Å². The lowest BCUT2D eigenvalue weighted by Crippen LogP contribution is -2.47. The minimum absolute atomic E-state index is 0.00950. The van der Waals surface area contributed by atoms with Crippen LogP contribution in [0.15, 0.2) is 0 Å². The van der Waals surface area contributed by atoms with Crippen molar-refractivity contribution in [3.8, 4) is 0 Å². The number of hydrogen-bond donors (Lipinski definition) is 3. The highest BCUT2D eigenvalue weighted by molar-refractivity contribution is 5.78. The van der Waals surface area contributed by atoms with Crippen LogP contribution in [-0.2, 0) is 4.79 Å². The van der Waals surface area contributed by atoms with Gasteiger partial charge in [0.25, 0.3) is 0 Å². The fourth-order valence-corrected chi connectivity index (χ4v) is 2.35. The largest absolute Gasteiger partial charge is 0.389 e. The Labute approximate surface area is 111 Å². The van der Waals surface area contributed by atoms with Gasteiger partial charge in [0.2, 0.25) is 5.91 Å². The zero-order valence-corrected chi connectivity index (χ0v) is 12.2. The Bertz CT molecular complexity index is 278. The fraction of sp³-hybridized carbons (Fsp3) is 0.929. The van der Waals surface area contributed by atoms with Gasteiger partial charge in [0.15, 0.2) is 0 Å². The van der Waals surface area contributed by atoms with Crippen molar-refractivity contribution in [2.75, 3.05) is 13.1 Å². The lowest BCUT2D eigenvalue weighted by molar-refractivity contribution is -0.121. The molecular weight excluding hydrogens is 228 g/mol. The van der Waals surface area contributed by atoms with Gasteiger partial charge in [0.1, 0.15) is 0 Å². The summed E-state index contributed by atoms with van der Waals surface area (Å²) in [4.78, 5) is 11.4. The van der Waals surface area contributed by atoms with Gasteiger partial charge in [0.05, 0.1) is 12.1 Å². The van der Waals surface area contributed by atoms with E-state index in [4.69, 9.17) is 0 Å². The van der Waals surface area contributed by atoms with Crippen LogP contribution in [0.5, 0.6) is 0 Å². The molecule has 1 aliphatic carbocycles. The first kappa shape index (κ1) is 15.4. The van der Waals surface area contributed by atoms with Gasteiger partial charge in [-0.15, -0.1) is 0 Å². The van der Waals surface area contributed by atoms with Gasteiger partial charge in [-0.05, 0) is 44.9 Å². The molecule has 1 saturated carbocycles. The van der Waals surface area contributed by atoms with Gasteiger partial charge in [0, 0.05) is 12.6 Å². The molecule has 4 nitrogen and oxygen atoms in total. The Kier molecular flexibility index (Phi) is 5.17. The van der Waals surface area contributed by atoms with E-state index in [0.717, 1.165) is 25.7 Å². The Morgan fingerprint density at radius 2 is 1.78 bits per heavy atom. The van der Waals surface area contributed by atoms with Crippen LogP contribution in [0.25, 0.3) is 0 Å². The molecule has 1 amide bonds. The summed E-state index contributed by atoms with van der Waals surface area (Å²) >= 11 is 0. The molecule has 0 unspecified atom stereocenters. The fourth-order valence-electron chi connectivity index (χ4n) is 2.35. The molecule has 0 aromatic rings. The van der Waals surface area contributed by atoms with Crippen molar-refractivity contribution >= 4 is 5.91 Å². The van der Waals surface area contributed by atoms with Gasteiger partial charge in [-0.1, -0.05) is 13.8 Å². The van der Waals surface area contributed by atoms with Crippen LogP contribution in [-0.4, -0.2) is 35.7 Å². The molecule has 0 aliphatic heterocycles. The zero-order chi connectivity index (χ0) is 13.8. The maximum absolute atomic E-state index is 11.4. The number of carbonyl (C=O) groups is 1. The molecule has 1 rings (SSSR count). The van der Waals surface area contributed by atoms with Gasteiger partial charge in [-0.3, -0.25) is 4.79 Å². The van der Waals surface area contributed by atoms with E-state index >= 15 is 0 Å². The molecule has 0 aromatic carbocycles. The van der Waals surface area contributed by atoms with Crippen LogP contribution in [0.3, 0.4) is 0 Å². The highest BCUT2D eigenvalue weighted by atomic mass is 16.3. The second-order valence-corrected chi connectivity index (χ2v) is 6.71. The second kappa shape index (κ2) is 6.02. The van der Waals surface area contributed by atoms with E-state index in [2.05, 4.69) is 24.5 Å². The lowest BCUT2D eigenvalue weighted by Gasteiger charge is -2.40. The third kappa shape index (κ3) is 5.36. The van der Waals surface area contributed by atoms with Gasteiger partial charge >= 0.3 is 0 Å². The molecule has 1 fully saturated rings. The number of amides is 1. The zero-order valence-electron chi connectivity index (χ0n) is 12.2. The van der Waals surface area contributed by atoms with Gasteiger partial charge < -0.3 is 15.7 Å². The van der Waals surface area contributed by atoms with Crippen LogP contribution in [0.2, 0.25) is 0 Å². The van der Waals surface area contributed by atoms with Crippen molar-refractivity contribution in [1.29, 1.82) is 0 Å². The van der Waals surface area contributed by atoms with Crippen LogP contribution in [0, 0.1) is 5.41 Å². The molecule has 1 aliphatic rings. The molecule has 18 heavy (non-hydrogen) atoms. The highest BCUT2D eigenvalue weighted by Crippen LogP contribution is 2.39.